The van der Waals surface area contributed by atoms with Crippen LogP contribution in [0.15, 0.2) is 18.2 Å². The fourth-order valence-electron chi connectivity index (χ4n) is 1.65. The predicted molar refractivity (Wildman–Crippen MR) is 79.6 cm³/mol. The van der Waals surface area contributed by atoms with Gasteiger partial charge in [0.15, 0.2) is 0 Å². The van der Waals surface area contributed by atoms with Gasteiger partial charge in [-0.05, 0) is 54.6 Å². The Morgan fingerprint density at radius 1 is 1.41 bits per heavy atom. The van der Waals surface area contributed by atoms with E-state index in [1.807, 2.05) is 32.0 Å². The zero-order valence-electron chi connectivity index (χ0n) is 9.64. The number of halogens is 2. The van der Waals surface area contributed by atoms with Crippen molar-refractivity contribution in [3.63, 3.8) is 0 Å². The number of nitrogens with one attached hydrogen (secondary N) is 2. The summed E-state index contributed by atoms with van der Waals surface area (Å²) < 4.78 is 1.12. The monoisotopic (exact) mass is 361 g/mol. The van der Waals surface area contributed by atoms with Gasteiger partial charge < -0.3 is 5.32 Å². The van der Waals surface area contributed by atoms with E-state index in [-0.39, 0.29) is 0 Å². The summed E-state index contributed by atoms with van der Waals surface area (Å²) >= 11 is 8.19. The van der Waals surface area contributed by atoms with E-state index in [9.17, 15) is 0 Å². The molecule has 2 N–H and O–H groups in total. The highest BCUT2D eigenvalue weighted by Gasteiger charge is 2.07. The van der Waals surface area contributed by atoms with Gasteiger partial charge in [0.1, 0.15) is 0 Å². The van der Waals surface area contributed by atoms with Crippen molar-refractivity contribution in [2.45, 2.75) is 20.4 Å². The van der Waals surface area contributed by atoms with Crippen molar-refractivity contribution in [3.05, 3.63) is 43.7 Å². The number of anilines is 1. The highest BCUT2D eigenvalue weighted by molar-refractivity contribution is 14.1. The topological polar surface area (TPSA) is 40.7 Å². The van der Waals surface area contributed by atoms with Crippen LogP contribution in [0.3, 0.4) is 0 Å². The quantitative estimate of drug-likeness (QED) is 0.814. The van der Waals surface area contributed by atoms with E-state index < -0.39 is 0 Å². The molecule has 0 aliphatic rings. The summed E-state index contributed by atoms with van der Waals surface area (Å²) in [5, 5.41) is 11.3. The van der Waals surface area contributed by atoms with E-state index >= 15 is 0 Å². The Bertz CT molecular complexity index is 517. The van der Waals surface area contributed by atoms with Crippen LogP contribution in [-0.4, -0.2) is 10.2 Å². The summed E-state index contributed by atoms with van der Waals surface area (Å²) in [6.45, 7) is 4.81. The van der Waals surface area contributed by atoms with Crippen molar-refractivity contribution in [2.75, 3.05) is 5.32 Å². The lowest BCUT2D eigenvalue weighted by atomic mass is 10.2. The molecule has 0 radical (unpaired) electrons. The number of nitrogens with zero attached hydrogens (tertiary/aromatic N) is 1. The molecule has 2 rings (SSSR count). The number of rotatable bonds is 3. The first-order chi connectivity index (χ1) is 8.08. The summed E-state index contributed by atoms with van der Waals surface area (Å²) in [5.74, 6) is 0. The highest BCUT2D eigenvalue weighted by atomic mass is 127. The van der Waals surface area contributed by atoms with E-state index in [0.29, 0.717) is 0 Å². The van der Waals surface area contributed by atoms with Crippen LogP contribution in [0, 0.1) is 17.4 Å². The molecular weight excluding hydrogens is 349 g/mol. The zero-order chi connectivity index (χ0) is 12.4. The van der Waals surface area contributed by atoms with Gasteiger partial charge in [0.05, 0.1) is 5.69 Å². The van der Waals surface area contributed by atoms with Gasteiger partial charge in [0.25, 0.3) is 0 Å². The third kappa shape index (κ3) is 2.93. The van der Waals surface area contributed by atoms with Gasteiger partial charge in [-0.15, -0.1) is 0 Å². The molecule has 0 fully saturated rings. The second kappa shape index (κ2) is 5.27. The molecule has 17 heavy (non-hydrogen) atoms. The van der Waals surface area contributed by atoms with E-state index in [2.05, 4.69) is 38.1 Å². The molecule has 0 saturated heterocycles. The Labute approximate surface area is 119 Å². The number of benzene rings is 1. The van der Waals surface area contributed by atoms with Crippen LogP contribution in [0.5, 0.6) is 0 Å². The largest absolute Gasteiger partial charge is 0.380 e. The average Bonchev–Trinajstić information content (AvgIpc) is 2.58. The molecule has 0 saturated carbocycles. The third-order valence-electron chi connectivity index (χ3n) is 2.67. The summed E-state index contributed by atoms with van der Waals surface area (Å²) in [4.78, 5) is 0. The number of aromatic nitrogens is 2. The maximum Gasteiger partial charge on any atom is 0.0643 e. The van der Waals surface area contributed by atoms with Gasteiger partial charge in [0, 0.05) is 32.1 Å². The minimum atomic E-state index is 0.760. The fourth-order valence-corrected chi connectivity index (χ4v) is 2.71. The Hall–Kier alpha value is -0.750. The number of aryl methyl sites for hydroxylation is 2. The van der Waals surface area contributed by atoms with E-state index in [0.717, 1.165) is 32.2 Å². The normalized spacial score (nSPS) is 10.6. The first kappa shape index (κ1) is 12.7. The van der Waals surface area contributed by atoms with Crippen LogP contribution < -0.4 is 5.32 Å². The van der Waals surface area contributed by atoms with E-state index in [4.69, 9.17) is 11.6 Å². The number of aromatic amines is 1. The maximum atomic E-state index is 5.92. The van der Waals surface area contributed by atoms with Crippen LogP contribution in [0.4, 0.5) is 5.69 Å². The minimum Gasteiger partial charge on any atom is -0.380 e. The SMILES string of the molecule is Cc1n[nH]c(C)c1CNc1ccc(Cl)cc1I. The van der Waals surface area contributed by atoms with Crippen molar-refractivity contribution < 1.29 is 0 Å². The first-order valence-corrected chi connectivity index (χ1v) is 6.73. The van der Waals surface area contributed by atoms with Gasteiger partial charge in [0.2, 0.25) is 0 Å². The highest BCUT2D eigenvalue weighted by Crippen LogP contribution is 2.23. The number of hydrogen-bond donors (Lipinski definition) is 2. The lowest BCUT2D eigenvalue weighted by Gasteiger charge is -2.09. The molecule has 0 unspecified atom stereocenters. The molecule has 3 nitrogen and oxygen atoms in total. The first-order valence-electron chi connectivity index (χ1n) is 5.27. The lowest BCUT2D eigenvalue weighted by molar-refractivity contribution is 1.02. The second-order valence-corrected chi connectivity index (χ2v) is 5.49. The molecule has 0 aliphatic heterocycles. The number of H-pyrrole nitrogens is 1. The molecular formula is C12H13ClIN3. The fraction of sp³-hybridized carbons (Fsp3) is 0.250. The minimum absolute atomic E-state index is 0.760. The standard InChI is InChI=1S/C12H13ClIN3/c1-7-10(8(2)17-16-7)6-15-12-4-3-9(13)5-11(12)14/h3-5,15H,6H2,1-2H3,(H,16,17). The second-order valence-electron chi connectivity index (χ2n) is 3.89. The van der Waals surface area contributed by atoms with Gasteiger partial charge in [-0.25, -0.2) is 0 Å². The Balaban J connectivity index is 2.13. The molecule has 1 aromatic heterocycles. The van der Waals surface area contributed by atoms with Crippen LogP contribution in [0.2, 0.25) is 5.02 Å². The van der Waals surface area contributed by atoms with Crippen molar-refractivity contribution in [1.82, 2.24) is 10.2 Å². The summed E-state index contributed by atoms with van der Waals surface area (Å²) in [7, 11) is 0. The van der Waals surface area contributed by atoms with E-state index in [1.165, 1.54) is 5.56 Å². The molecule has 0 atom stereocenters. The van der Waals surface area contributed by atoms with Crippen molar-refractivity contribution in [3.8, 4) is 0 Å². The molecule has 1 heterocycles. The smallest absolute Gasteiger partial charge is 0.0643 e. The van der Waals surface area contributed by atoms with Gasteiger partial charge in [-0.1, -0.05) is 11.6 Å². The lowest BCUT2D eigenvalue weighted by Crippen LogP contribution is -2.02. The summed E-state index contributed by atoms with van der Waals surface area (Å²) in [6, 6.07) is 5.83. The van der Waals surface area contributed by atoms with Crippen molar-refractivity contribution in [1.29, 1.82) is 0 Å². The molecule has 2 aromatic rings. The molecule has 0 amide bonds. The summed E-state index contributed by atoms with van der Waals surface area (Å²) in [6.07, 6.45) is 0. The predicted octanol–water partition coefficient (Wildman–Crippen LogP) is 3.90. The average molecular weight is 362 g/mol. The van der Waals surface area contributed by atoms with Gasteiger partial charge in [-0.2, -0.15) is 5.10 Å². The third-order valence-corrected chi connectivity index (χ3v) is 3.80. The summed E-state index contributed by atoms with van der Waals surface area (Å²) in [5.41, 5.74) is 4.46. The van der Waals surface area contributed by atoms with Crippen molar-refractivity contribution >= 4 is 39.9 Å². The zero-order valence-corrected chi connectivity index (χ0v) is 12.6. The van der Waals surface area contributed by atoms with Gasteiger partial charge >= 0.3 is 0 Å². The van der Waals surface area contributed by atoms with Crippen LogP contribution in [0.1, 0.15) is 17.0 Å². The van der Waals surface area contributed by atoms with Crippen LogP contribution >= 0.6 is 34.2 Å². The molecule has 0 bridgehead atoms. The van der Waals surface area contributed by atoms with Crippen LogP contribution in [0.25, 0.3) is 0 Å². The van der Waals surface area contributed by atoms with Crippen LogP contribution in [-0.2, 0) is 6.54 Å². The Kier molecular flexibility index (Phi) is 3.93. The Morgan fingerprint density at radius 3 is 2.76 bits per heavy atom. The molecule has 0 aliphatic carbocycles. The maximum absolute atomic E-state index is 5.92. The number of hydrogen-bond acceptors (Lipinski definition) is 2. The molecule has 90 valence electrons. The van der Waals surface area contributed by atoms with E-state index in [1.54, 1.807) is 0 Å². The molecule has 0 spiro atoms. The van der Waals surface area contributed by atoms with Crippen molar-refractivity contribution in [2.24, 2.45) is 0 Å². The van der Waals surface area contributed by atoms with Gasteiger partial charge in [-0.3, -0.25) is 5.10 Å². The molecule has 5 heteroatoms. The molecule has 1 aromatic carbocycles. The Morgan fingerprint density at radius 2 is 2.18 bits per heavy atom.